The molecule has 0 aromatic heterocycles. The van der Waals surface area contributed by atoms with Crippen LogP contribution >= 0.6 is 0 Å². The number of rotatable bonds is 3. The van der Waals surface area contributed by atoms with Gasteiger partial charge < -0.3 is 11.1 Å². The van der Waals surface area contributed by atoms with Crippen LogP contribution in [0.15, 0.2) is 35.7 Å². The normalized spacial score (nSPS) is 34.1. The van der Waals surface area contributed by atoms with E-state index < -0.39 is 0 Å². The van der Waals surface area contributed by atoms with Gasteiger partial charge in [0.05, 0.1) is 11.9 Å². The third kappa shape index (κ3) is 1.23. The van der Waals surface area contributed by atoms with Crippen molar-refractivity contribution in [3.63, 3.8) is 0 Å². The molecule has 2 atom stereocenters. The molecule has 0 amide bonds. The van der Waals surface area contributed by atoms with Gasteiger partial charge in [-0.1, -0.05) is 18.2 Å². The van der Waals surface area contributed by atoms with E-state index in [2.05, 4.69) is 11.0 Å². The van der Waals surface area contributed by atoms with E-state index in [1.807, 2.05) is 19.2 Å². The van der Waals surface area contributed by atoms with Gasteiger partial charge >= 0.3 is 0 Å². The summed E-state index contributed by atoms with van der Waals surface area (Å²) in [5.74, 6) is 0.00792. The number of halogens is 1. The molecule has 0 aromatic carbocycles. The topological polar surface area (TPSA) is 53.1 Å². The minimum atomic E-state index is -0.287. The van der Waals surface area contributed by atoms with Crippen LogP contribution in [0.4, 0.5) is 4.39 Å². The Balaban J connectivity index is 2.36. The van der Waals surface area contributed by atoms with E-state index in [0.29, 0.717) is 18.4 Å². The Morgan fingerprint density at radius 3 is 3.06 bits per heavy atom. The lowest BCUT2D eigenvalue weighted by Crippen LogP contribution is -2.66. The van der Waals surface area contributed by atoms with E-state index in [-0.39, 0.29) is 11.5 Å². The zero-order valence-corrected chi connectivity index (χ0v) is 9.28. The first-order valence-corrected chi connectivity index (χ1v) is 5.31. The van der Waals surface area contributed by atoms with Crippen molar-refractivity contribution < 1.29 is 4.39 Å². The highest BCUT2D eigenvalue weighted by molar-refractivity contribution is 5.78. The smallest absolute Gasteiger partial charge is 0.0918 e. The largest absolute Gasteiger partial charge is 0.327 e. The van der Waals surface area contributed by atoms with Crippen molar-refractivity contribution in [2.45, 2.75) is 5.54 Å². The summed E-state index contributed by atoms with van der Waals surface area (Å²) in [6.07, 6.45) is 7.63. The summed E-state index contributed by atoms with van der Waals surface area (Å²) in [4.78, 5) is 2.15. The fourth-order valence-electron chi connectivity index (χ4n) is 2.78. The first-order chi connectivity index (χ1) is 7.70. The molecule has 1 heterocycles. The number of allylic oxidation sites excluding steroid dienone is 2. The molecule has 16 heavy (non-hydrogen) atoms. The Hall–Kier alpha value is -1.26. The quantitative estimate of drug-likeness (QED) is 0.705. The van der Waals surface area contributed by atoms with Crippen molar-refractivity contribution in [3.05, 3.63) is 35.7 Å². The first kappa shape index (κ1) is 11.2. The first-order valence-electron chi connectivity index (χ1n) is 5.31. The third-order valence-electron chi connectivity index (χ3n) is 3.70. The second kappa shape index (κ2) is 3.96. The third-order valence-corrected chi connectivity index (χ3v) is 3.70. The molecule has 2 rings (SSSR count). The standard InChI is InChI=1S/C12H16FN3/c1-16-8-11(9(5-13)6-14)12(16)4-2-3-10(12)7-15/h2-6,11,14H,7-8,15H2,1H3/b9-5+,14-6?. The fourth-order valence-corrected chi connectivity index (χ4v) is 2.78. The van der Waals surface area contributed by atoms with Gasteiger partial charge in [0.25, 0.3) is 0 Å². The van der Waals surface area contributed by atoms with Gasteiger partial charge in [0, 0.05) is 30.8 Å². The number of likely N-dealkylation sites (N-methyl/N-ethyl adjacent to an activating group) is 1. The summed E-state index contributed by atoms with van der Waals surface area (Å²) in [5.41, 5.74) is 6.96. The van der Waals surface area contributed by atoms with Crippen LogP contribution in [0.25, 0.3) is 0 Å². The van der Waals surface area contributed by atoms with Crippen LogP contribution in [0.5, 0.6) is 0 Å². The van der Waals surface area contributed by atoms with E-state index in [1.165, 1.54) is 0 Å². The molecule has 2 aliphatic rings. The molecule has 3 nitrogen and oxygen atoms in total. The van der Waals surface area contributed by atoms with E-state index in [9.17, 15) is 4.39 Å². The van der Waals surface area contributed by atoms with Crippen molar-refractivity contribution >= 4 is 6.21 Å². The number of nitrogens with zero attached hydrogens (tertiary/aromatic N) is 1. The average Bonchev–Trinajstić information content (AvgIpc) is 2.76. The molecule has 0 aromatic rings. The predicted molar refractivity (Wildman–Crippen MR) is 63.1 cm³/mol. The van der Waals surface area contributed by atoms with Crippen molar-refractivity contribution in [1.29, 1.82) is 5.41 Å². The SMILES string of the molecule is CN1CC(/C(C=N)=C/F)C12C=CC=C2CN. The maximum absolute atomic E-state index is 12.7. The molecule has 4 heteroatoms. The molecule has 0 radical (unpaired) electrons. The lowest BCUT2D eigenvalue weighted by atomic mass is 9.68. The van der Waals surface area contributed by atoms with Gasteiger partial charge in [-0.25, -0.2) is 4.39 Å². The molecule has 0 bridgehead atoms. The minimum Gasteiger partial charge on any atom is -0.327 e. The van der Waals surface area contributed by atoms with Crippen LogP contribution in [0.3, 0.4) is 0 Å². The highest BCUT2D eigenvalue weighted by Gasteiger charge is 2.53. The maximum atomic E-state index is 12.7. The van der Waals surface area contributed by atoms with E-state index in [0.717, 1.165) is 18.3 Å². The Bertz CT molecular complexity index is 397. The van der Waals surface area contributed by atoms with Gasteiger partial charge in [0.1, 0.15) is 0 Å². The van der Waals surface area contributed by atoms with Crippen LogP contribution in [0.1, 0.15) is 0 Å². The van der Waals surface area contributed by atoms with Gasteiger partial charge in [-0.15, -0.1) is 0 Å². The highest BCUT2D eigenvalue weighted by Crippen LogP contribution is 2.47. The molecule has 2 unspecified atom stereocenters. The number of hydrogen-bond donors (Lipinski definition) is 2. The number of nitrogens with two attached hydrogens (primary N) is 1. The zero-order valence-electron chi connectivity index (χ0n) is 9.28. The summed E-state index contributed by atoms with van der Waals surface area (Å²) in [7, 11) is 2.00. The molecular weight excluding hydrogens is 205 g/mol. The predicted octanol–water partition coefficient (Wildman–Crippen LogP) is 1.24. The molecule has 1 spiro atoms. The average molecular weight is 221 g/mol. The van der Waals surface area contributed by atoms with E-state index in [1.54, 1.807) is 0 Å². The van der Waals surface area contributed by atoms with Gasteiger partial charge in [-0.05, 0) is 12.6 Å². The lowest BCUT2D eigenvalue weighted by Gasteiger charge is -2.56. The van der Waals surface area contributed by atoms with Gasteiger partial charge in [0.15, 0.2) is 0 Å². The van der Waals surface area contributed by atoms with E-state index >= 15 is 0 Å². The molecule has 1 aliphatic heterocycles. The summed E-state index contributed by atoms with van der Waals surface area (Å²) in [6.45, 7) is 1.22. The molecule has 3 N–H and O–H groups in total. The zero-order chi connectivity index (χ0) is 11.8. The van der Waals surface area contributed by atoms with Crippen LogP contribution in [0, 0.1) is 11.3 Å². The fraction of sp³-hybridized carbons (Fsp3) is 0.417. The maximum Gasteiger partial charge on any atom is 0.0918 e. The van der Waals surface area contributed by atoms with Crippen molar-refractivity contribution in [2.24, 2.45) is 11.7 Å². The highest BCUT2D eigenvalue weighted by atomic mass is 19.1. The van der Waals surface area contributed by atoms with Gasteiger partial charge in [-0.2, -0.15) is 0 Å². The molecule has 1 aliphatic carbocycles. The summed E-state index contributed by atoms with van der Waals surface area (Å²) in [5, 5.41) is 7.24. The van der Waals surface area contributed by atoms with Crippen LogP contribution in [-0.2, 0) is 0 Å². The lowest BCUT2D eigenvalue weighted by molar-refractivity contribution is 0.0306. The second-order valence-corrected chi connectivity index (χ2v) is 4.27. The summed E-state index contributed by atoms with van der Waals surface area (Å²) in [6, 6.07) is 0. The second-order valence-electron chi connectivity index (χ2n) is 4.27. The van der Waals surface area contributed by atoms with Gasteiger partial charge in [0.2, 0.25) is 0 Å². The molecule has 1 fully saturated rings. The Kier molecular flexibility index (Phi) is 2.78. The number of likely N-dealkylation sites (tertiary alicyclic amines) is 1. The van der Waals surface area contributed by atoms with Gasteiger partial charge in [-0.3, -0.25) is 4.90 Å². The van der Waals surface area contributed by atoms with Crippen molar-refractivity contribution in [1.82, 2.24) is 4.90 Å². The minimum absolute atomic E-state index is 0.00792. The Labute approximate surface area is 94.6 Å². The number of nitrogens with one attached hydrogen (secondary N) is 1. The number of hydrogen-bond acceptors (Lipinski definition) is 3. The van der Waals surface area contributed by atoms with Crippen LogP contribution in [0.2, 0.25) is 0 Å². The van der Waals surface area contributed by atoms with Crippen LogP contribution in [-0.4, -0.2) is 36.8 Å². The van der Waals surface area contributed by atoms with Crippen molar-refractivity contribution in [3.8, 4) is 0 Å². The summed E-state index contributed by atoms with van der Waals surface area (Å²) < 4.78 is 12.7. The van der Waals surface area contributed by atoms with Crippen LogP contribution < -0.4 is 5.73 Å². The molecule has 1 saturated heterocycles. The Morgan fingerprint density at radius 2 is 2.56 bits per heavy atom. The monoisotopic (exact) mass is 221 g/mol. The van der Waals surface area contributed by atoms with Crippen molar-refractivity contribution in [2.75, 3.05) is 20.1 Å². The molecule has 86 valence electrons. The Morgan fingerprint density at radius 1 is 1.81 bits per heavy atom. The van der Waals surface area contributed by atoms with E-state index in [4.69, 9.17) is 11.1 Å². The molecular formula is C12H16FN3. The summed E-state index contributed by atoms with van der Waals surface area (Å²) >= 11 is 0. The molecule has 0 saturated carbocycles.